The van der Waals surface area contributed by atoms with Crippen LogP contribution in [-0.2, 0) is 11.4 Å². The lowest BCUT2D eigenvalue weighted by Gasteiger charge is -2.07. The van der Waals surface area contributed by atoms with E-state index in [1.54, 1.807) is 18.2 Å². The Hall–Kier alpha value is -3.91. The number of carbonyl (C=O) groups excluding carboxylic acids is 1. The number of hydrogen-bond acceptors (Lipinski definition) is 6. The van der Waals surface area contributed by atoms with Crippen molar-refractivity contribution in [2.75, 3.05) is 0 Å². The molecule has 0 aromatic heterocycles. The number of non-ortho nitro benzene ring substituents is 1. The SMILES string of the molecule is O=C1NC(=Nc2ccccc2)S/C1=C/c1cccc(OCc2ccc([N+](=O)[O-])cc2)c1. The number of nitro benzene ring substituents is 1. The van der Waals surface area contributed by atoms with Gasteiger partial charge in [-0.05, 0) is 65.4 Å². The summed E-state index contributed by atoms with van der Waals surface area (Å²) in [5.41, 5.74) is 2.45. The van der Waals surface area contributed by atoms with E-state index in [2.05, 4.69) is 10.3 Å². The van der Waals surface area contributed by atoms with Gasteiger partial charge in [0.25, 0.3) is 11.6 Å². The monoisotopic (exact) mass is 431 g/mol. The maximum Gasteiger partial charge on any atom is 0.269 e. The lowest BCUT2D eigenvalue weighted by molar-refractivity contribution is -0.384. The molecule has 31 heavy (non-hydrogen) atoms. The number of benzene rings is 3. The lowest BCUT2D eigenvalue weighted by Crippen LogP contribution is -2.19. The summed E-state index contributed by atoms with van der Waals surface area (Å²) in [6.45, 7) is 0.279. The van der Waals surface area contributed by atoms with Gasteiger partial charge in [0.15, 0.2) is 5.17 Å². The highest BCUT2D eigenvalue weighted by atomic mass is 32.2. The average Bonchev–Trinajstić information content (AvgIpc) is 3.12. The van der Waals surface area contributed by atoms with Gasteiger partial charge in [0.2, 0.25) is 0 Å². The van der Waals surface area contributed by atoms with Gasteiger partial charge in [-0.25, -0.2) is 4.99 Å². The third-order valence-electron chi connectivity index (χ3n) is 4.35. The minimum absolute atomic E-state index is 0.0416. The van der Waals surface area contributed by atoms with Crippen molar-refractivity contribution < 1.29 is 14.5 Å². The number of nitrogens with zero attached hydrogens (tertiary/aromatic N) is 2. The van der Waals surface area contributed by atoms with Crippen LogP contribution in [0.2, 0.25) is 0 Å². The first kappa shape index (κ1) is 20.4. The van der Waals surface area contributed by atoms with E-state index in [-0.39, 0.29) is 18.2 Å². The molecule has 0 spiro atoms. The number of rotatable bonds is 6. The molecule has 0 saturated carbocycles. The van der Waals surface area contributed by atoms with Crippen LogP contribution in [0.4, 0.5) is 11.4 Å². The Morgan fingerprint density at radius 1 is 1.03 bits per heavy atom. The molecule has 3 aromatic rings. The van der Waals surface area contributed by atoms with Crippen LogP contribution in [0.3, 0.4) is 0 Å². The Labute approximate surface area is 182 Å². The molecule has 1 saturated heterocycles. The topological polar surface area (TPSA) is 93.8 Å². The Balaban J connectivity index is 1.43. The Bertz CT molecular complexity index is 1170. The number of para-hydroxylation sites is 1. The number of aliphatic imine (C=N–C) groups is 1. The van der Waals surface area contributed by atoms with Crippen LogP contribution in [0, 0.1) is 10.1 Å². The molecular formula is C23H17N3O4S. The van der Waals surface area contributed by atoms with E-state index in [4.69, 9.17) is 4.74 Å². The van der Waals surface area contributed by atoms with Crippen LogP contribution in [0.15, 0.2) is 88.8 Å². The first-order valence-electron chi connectivity index (χ1n) is 9.38. The molecule has 4 rings (SSSR count). The largest absolute Gasteiger partial charge is 0.489 e. The molecule has 7 nitrogen and oxygen atoms in total. The van der Waals surface area contributed by atoms with E-state index in [9.17, 15) is 14.9 Å². The summed E-state index contributed by atoms with van der Waals surface area (Å²) >= 11 is 1.28. The van der Waals surface area contributed by atoms with Gasteiger partial charge in [0.05, 0.1) is 15.5 Å². The summed E-state index contributed by atoms with van der Waals surface area (Å²) in [4.78, 5) is 27.6. The van der Waals surface area contributed by atoms with E-state index in [0.717, 1.165) is 16.8 Å². The van der Waals surface area contributed by atoms with Gasteiger partial charge in [-0.2, -0.15) is 0 Å². The van der Waals surface area contributed by atoms with Crippen molar-refractivity contribution in [3.8, 4) is 5.75 Å². The molecule has 0 radical (unpaired) electrons. The van der Waals surface area contributed by atoms with Gasteiger partial charge in [-0.15, -0.1) is 0 Å². The molecule has 1 aliphatic rings. The summed E-state index contributed by atoms with van der Waals surface area (Å²) in [6.07, 6.45) is 1.78. The van der Waals surface area contributed by atoms with Crippen LogP contribution in [-0.4, -0.2) is 16.0 Å². The summed E-state index contributed by atoms with van der Waals surface area (Å²) < 4.78 is 5.79. The minimum atomic E-state index is -0.436. The quantitative estimate of drug-likeness (QED) is 0.334. The van der Waals surface area contributed by atoms with Gasteiger partial charge in [0.1, 0.15) is 12.4 Å². The van der Waals surface area contributed by atoms with Gasteiger partial charge in [0, 0.05) is 12.1 Å². The molecule has 3 aromatic carbocycles. The normalized spacial score (nSPS) is 15.8. The van der Waals surface area contributed by atoms with Crippen LogP contribution < -0.4 is 10.1 Å². The highest BCUT2D eigenvalue weighted by molar-refractivity contribution is 8.18. The molecule has 0 unspecified atom stereocenters. The van der Waals surface area contributed by atoms with Crippen molar-refractivity contribution in [1.29, 1.82) is 0 Å². The molecule has 0 bridgehead atoms. The number of thioether (sulfide) groups is 1. The fraction of sp³-hybridized carbons (Fsp3) is 0.0435. The molecule has 1 aliphatic heterocycles. The number of ether oxygens (including phenoxy) is 1. The van der Waals surface area contributed by atoms with Crippen molar-refractivity contribution in [3.63, 3.8) is 0 Å². The van der Waals surface area contributed by atoms with Crippen molar-refractivity contribution >= 4 is 40.3 Å². The highest BCUT2D eigenvalue weighted by Gasteiger charge is 2.23. The molecule has 8 heteroatoms. The van der Waals surface area contributed by atoms with E-state index < -0.39 is 4.92 Å². The Morgan fingerprint density at radius 2 is 1.81 bits per heavy atom. The Kier molecular flexibility index (Phi) is 6.09. The highest BCUT2D eigenvalue weighted by Crippen LogP contribution is 2.29. The van der Waals surface area contributed by atoms with Crippen molar-refractivity contribution in [1.82, 2.24) is 5.32 Å². The van der Waals surface area contributed by atoms with E-state index >= 15 is 0 Å². The van der Waals surface area contributed by atoms with Gasteiger partial charge >= 0.3 is 0 Å². The van der Waals surface area contributed by atoms with Crippen LogP contribution in [0.5, 0.6) is 5.75 Å². The molecule has 1 N–H and O–H groups in total. The number of nitrogens with one attached hydrogen (secondary N) is 1. The van der Waals surface area contributed by atoms with E-state index in [1.807, 2.05) is 54.6 Å². The zero-order chi connectivity index (χ0) is 21.6. The summed E-state index contributed by atoms with van der Waals surface area (Å²) in [5, 5.41) is 14.0. The van der Waals surface area contributed by atoms with Crippen molar-refractivity contribution in [2.24, 2.45) is 4.99 Å². The average molecular weight is 431 g/mol. The lowest BCUT2D eigenvalue weighted by atomic mass is 10.2. The summed E-state index contributed by atoms with van der Waals surface area (Å²) in [7, 11) is 0. The van der Waals surface area contributed by atoms with Gasteiger partial charge in [-0.1, -0.05) is 30.3 Å². The first-order valence-corrected chi connectivity index (χ1v) is 10.2. The fourth-order valence-corrected chi connectivity index (χ4v) is 3.67. The molecule has 0 aliphatic carbocycles. The number of hydrogen-bond donors (Lipinski definition) is 1. The van der Waals surface area contributed by atoms with Crippen molar-refractivity contribution in [3.05, 3.63) is 105 Å². The zero-order valence-corrected chi connectivity index (χ0v) is 17.0. The Morgan fingerprint density at radius 3 is 2.55 bits per heavy atom. The van der Waals surface area contributed by atoms with Crippen LogP contribution >= 0.6 is 11.8 Å². The maximum atomic E-state index is 12.3. The third kappa shape index (κ3) is 5.37. The second kappa shape index (κ2) is 9.27. The maximum absolute atomic E-state index is 12.3. The molecule has 1 heterocycles. The van der Waals surface area contributed by atoms with Crippen molar-refractivity contribution in [2.45, 2.75) is 6.61 Å². The third-order valence-corrected chi connectivity index (χ3v) is 5.26. The molecule has 154 valence electrons. The minimum Gasteiger partial charge on any atom is -0.489 e. The standard InChI is InChI=1S/C23H17N3O4S/c27-22-21(31-23(25-22)24-18-6-2-1-3-7-18)14-17-5-4-8-20(13-17)30-15-16-9-11-19(12-10-16)26(28)29/h1-14H,15H2,(H,24,25,27)/b21-14+. The second-order valence-corrected chi connectivity index (χ2v) is 7.63. The predicted molar refractivity (Wildman–Crippen MR) is 121 cm³/mol. The second-order valence-electron chi connectivity index (χ2n) is 6.60. The summed E-state index contributed by atoms with van der Waals surface area (Å²) in [5.74, 6) is 0.436. The van der Waals surface area contributed by atoms with Gasteiger partial charge < -0.3 is 10.1 Å². The van der Waals surface area contributed by atoms with Gasteiger partial charge in [-0.3, -0.25) is 14.9 Å². The molecule has 0 atom stereocenters. The number of nitro groups is 1. The molecule has 1 fully saturated rings. The number of amidine groups is 1. The first-order chi connectivity index (χ1) is 15.1. The predicted octanol–water partition coefficient (Wildman–Crippen LogP) is 5.07. The van der Waals surface area contributed by atoms with Crippen LogP contribution in [0.25, 0.3) is 6.08 Å². The molecular weight excluding hydrogens is 414 g/mol. The number of carbonyl (C=O) groups is 1. The zero-order valence-electron chi connectivity index (χ0n) is 16.2. The molecule has 1 amide bonds. The fourth-order valence-electron chi connectivity index (χ4n) is 2.83. The van der Waals surface area contributed by atoms with E-state index in [0.29, 0.717) is 15.8 Å². The summed E-state index contributed by atoms with van der Waals surface area (Å²) in [6, 6.07) is 23.0. The van der Waals surface area contributed by atoms with E-state index in [1.165, 1.54) is 23.9 Å². The van der Waals surface area contributed by atoms with Crippen LogP contribution in [0.1, 0.15) is 11.1 Å². The number of amides is 1. The smallest absolute Gasteiger partial charge is 0.269 e.